The topological polar surface area (TPSA) is 29.5 Å². The molecule has 0 spiro atoms. The van der Waals surface area contributed by atoms with E-state index in [2.05, 4.69) is 38.9 Å². The van der Waals surface area contributed by atoms with Gasteiger partial charge < -0.3 is 9.64 Å². The van der Waals surface area contributed by atoms with E-state index in [1.54, 1.807) is 0 Å². The SMILES string of the molecule is CC(CCC(C)C(=O)Oc1cccc(C(C)N(C)C)c1)CC1CCCCC1. The van der Waals surface area contributed by atoms with Gasteiger partial charge in [0.25, 0.3) is 0 Å². The molecule has 27 heavy (non-hydrogen) atoms. The summed E-state index contributed by atoms with van der Waals surface area (Å²) < 4.78 is 5.67. The maximum absolute atomic E-state index is 12.5. The molecule has 0 amide bonds. The Morgan fingerprint density at radius 3 is 2.48 bits per heavy atom. The molecule has 0 saturated heterocycles. The van der Waals surface area contributed by atoms with Gasteiger partial charge in [0.05, 0.1) is 5.92 Å². The third-order valence-electron chi connectivity index (χ3n) is 6.29. The second kappa shape index (κ2) is 10.8. The van der Waals surface area contributed by atoms with E-state index < -0.39 is 0 Å². The van der Waals surface area contributed by atoms with Gasteiger partial charge in [-0.2, -0.15) is 0 Å². The van der Waals surface area contributed by atoms with Crippen LogP contribution < -0.4 is 4.74 Å². The lowest BCUT2D eigenvalue weighted by Crippen LogP contribution is -2.20. The largest absolute Gasteiger partial charge is 0.426 e. The summed E-state index contributed by atoms with van der Waals surface area (Å²) in [5.74, 6) is 2.13. The van der Waals surface area contributed by atoms with Gasteiger partial charge in [0.15, 0.2) is 0 Å². The average Bonchev–Trinajstić information content (AvgIpc) is 2.66. The molecule has 2 rings (SSSR count). The summed E-state index contributed by atoms with van der Waals surface area (Å²) in [4.78, 5) is 14.6. The van der Waals surface area contributed by atoms with Gasteiger partial charge in [-0.1, -0.05) is 58.1 Å². The van der Waals surface area contributed by atoms with Gasteiger partial charge in [-0.15, -0.1) is 0 Å². The number of hydrogen-bond acceptors (Lipinski definition) is 3. The van der Waals surface area contributed by atoms with Gasteiger partial charge in [0.1, 0.15) is 5.75 Å². The highest BCUT2D eigenvalue weighted by Gasteiger charge is 2.20. The molecule has 0 aromatic heterocycles. The molecule has 152 valence electrons. The molecule has 0 radical (unpaired) electrons. The van der Waals surface area contributed by atoms with Crippen molar-refractivity contribution in [1.82, 2.24) is 4.90 Å². The first-order valence-electron chi connectivity index (χ1n) is 10.8. The van der Waals surface area contributed by atoms with Crippen LogP contribution in [0.3, 0.4) is 0 Å². The smallest absolute Gasteiger partial charge is 0.314 e. The van der Waals surface area contributed by atoms with E-state index in [0.29, 0.717) is 17.7 Å². The molecule has 1 aromatic rings. The minimum absolute atomic E-state index is 0.0475. The van der Waals surface area contributed by atoms with Gasteiger partial charge >= 0.3 is 5.97 Å². The van der Waals surface area contributed by atoms with Crippen molar-refractivity contribution in [1.29, 1.82) is 0 Å². The zero-order valence-electron chi connectivity index (χ0n) is 18.0. The Kier molecular flexibility index (Phi) is 8.82. The summed E-state index contributed by atoms with van der Waals surface area (Å²) in [6.45, 7) is 6.50. The molecule has 1 aliphatic rings. The van der Waals surface area contributed by atoms with Crippen LogP contribution in [-0.2, 0) is 4.79 Å². The zero-order chi connectivity index (χ0) is 19.8. The number of esters is 1. The Bertz CT molecular complexity index is 577. The van der Waals surface area contributed by atoms with Crippen LogP contribution in [0.1, 0.15) is 83.7 Å². The number of hydrogen-bond donors (Lipinski definition) is 0. The number of rotatable bonds is 9. The predicted molar refractivity (Wildman–Crippen MR) is 113 cm³/mol. The molecular weight excluding hydrogens is 334 g/mol. The van der Waals surface area contributed by atoms with E-state index in [1.165, 1.54) is 44.1 Å². The minimum atomic E-state index is -0.102. The average molecular weight is 374 g/mol. The van der Waals surface area contributed by atoms with Gasteiger partial charge in [-0.25, -0.2) is 0 Å². The van der Waals surface area contributed by atoms with Crippen LogP contribution in [0.5, 0.6) is 5.75 Å². The summed E-state index contributed by atoms with van der Waals surface area (Å²) in [5.41, 5.74) is 1.17. The van der Waals surface area contributed by atoms with Crippen molar-refractivity contribution in [2.45, 2.75) is 78.2 Å². The summed E-state index contributed by atoms with van der Waals surface area (Å²) in [5, 5.41) is 0. The monoisotopic (exact) mass is 373 g/mol. The van der Waals surface area contributed by atoms with Crippen LogP contribution >= 0.6 is 0 Å². The summed E-state index contributed by atoms with van der Waals surface area (Å²) in [6.07, 6.45) is 10.4. The van der Waals surface area contributed by atoms with Crippen molar-refractivity contribution in [3.8, 4) is 5.75 Å². The number of benzene rings is 1. The van der Waals surface area contributed by atoms with Crippen molar-refractivity contribution in [2.24, 2.45) is 17.8 Å². The van der Waals surface area contributed by atoms with E-state index in [4.69, 9.17) is 4.74 Å². The van der Waals surface area contributed by atoms with Crippen LogP contribution in [0.2, 0.25) is 0 Å². The second-order valence-electron chi connectivity index (χ2n) is 8.96. The predicted octanol–water partition coefficient (Wildman–Crippen LogP) is 6.24. The van der Waals surface area contributed by atoms with Crippen molar-refractivity contribution >= 4 is 5.97 Å². The molecule has 1 aliphatic carbocycles. The van der Waals surface area contributed by atoms with Crippen LogP contribution in [0.25, 0.3) is 0 Å². The Labute approximate surface area is 166 Å². The number of carbonyl (C=O) groups is 1. The summed E-state index contributed by atoms with van der Waals surface area (Å²) >= 11 is 0. The molecule has 3 nitrogen and oxygen atoms in total. The molecule has 3 unspecified atom stereocenters. The lowest BCUT2D eigenvalue weighted by molar-refractivity contribution is -0.138. The van der Waals surface area contributed by atoms with E-state index in [9.17, 15) is 4.79 Å². The number of ether oxygens (including phenoxy) is 1. The third kappa shape index (κ3) is 7.29. The molecule has 0 aliphatic heterocycles. The van der Waals surface area contributed by atoms with Gasteiger partial charge in [-0.3, -0.25) is 4.79 Å². The van der Waals surface area contributed by atoms with Crippen molar-refractivity contribution in [2.75, 3.05) is 14.1 Å². The maximum atomic E-state index is 12.5. The Hall–Kier alpha value is -1.35. The third-order valence-corrected chi connectivity index (χ3v) is 6.29. The highest BCUT2D eigenvalue weighted by Crippen LogP contribution is 2.31. The zero-order valence-corrected chi connectivity index (χ0v) is 18.0. The van der Waals surface area contributed by atoms with Gasteiger partial charge in [-0.05, 0) is 69.8 Å². The molecular formula is C24H39NO2. The Morgan fingerprint density at radius 2 is 1.81 bits per heavy atom. The molecule has 3 atom stereocenters. The molecule has 1 saturated carbocycles. The second-order valence-corrected chi connectivity index (χ2v) is 8.96. The van der Waals surface area contributed by atoms with Crippen molar-refractivity contribution < 1.29 is 9.53 Å². The van der Waals surface area contributed by atoms with E-state index in [-0.39, 0.29) is 11.9 Å². The number of carbonyl (C=O) groups excluding carboxylic acids is 1. The summed E-state index contributed by atoms with van der Waals surface area (Å²) in [6, 6.07) is 8.21. The fourth-order valence-corrected chi connectivity index (χ4v) is 4.11. The van der Waals surface area contributed by atoms with E-state index in [1.807, 2.05) is 25.1 Å². The highest BCUT2D eigenvalue weighted by atomic mass is 16.5. The molecule has 0 heterocycles. The highest BCUT2D eigenvalue weighted by molar-refractivity contribution is 5.74. The Morgan fingerprint density at radius 1 is 1.11 bits per heavy atom. The lowest BCUT2D eigenvalue weighted by atomic mass is 9.81. The summed E-state index contributed by atoms with van der Waals surface area (Å²) in [7, 11) is 4.11. The van der Waals surface area contributed by atoms with Crippen LogP contribution in [0.4, 0.5) is 0 Å². The first kappa shape index (κ1) is 21.9. The number of nitrogens with zero attached hydrogens (tertiary/aromatic N) is 1. The fourth-order valence-electron chi connectivity index (χ4n) is 4.11. The van der Waals surface area contributed by atoms with Crippen LogP contribution in [0.15, 0.2) is 24.3 Å². The first-order valence-corrected chi connectivity index (χ1v) is 10.8. The van der Waals surface area contributed by atoms with Crippen molar-refractivity contribution in [3.05, 3.63) is 29.8 Å². The van der Waals surface area contributed by atoms with Gasteiger partial charge in [0, 0.05) is 6.04 Å². The molecule has 0 N–H and O–H groups in total. The maximum Gasteiger partial charge on any atom is 0.314 e. The van der Waals surface area contributed by atoms with Crippen molar-refractivity contribution in [3.63, 3.8) is 0 Å². The van der Waals surface area contributed by atoms with E-state index >= 15 is 0 Å². The molecule has 1 aromatic carbocycles. The van der Waals surface area contributed by atoms with Crippen LogP contribution in [-0.4, -0.2) is 25.0 Å². The molecule has 1 fully saturated rings. The quantitative estimate of drug-likeness (QED) is 0.379. The fraction of sp³-hybridized carbons (Fsp3) is 0.708. The molecule has 0 bridgehead atoms. The molecule has 3 heteroatoms. The lowest BCUT2D eigenvalue weighted by Gasteiger charge is -2.25. The minimum Gasteiger partial charge on any atom is -0.426 e. The van der Waals surface area contributed by atoms with Gasteiger partial charge in [0.2, 0.25) is 0 Å². The van der Waals surface area contributed by atoms with Crippen LogP contribution in [0, 0.1) is 17.8 Å². The first-order chi connectivity index (χ1) is 12.9. The Balaban J connectivity index is 1.78. The standard InChI is InChI=1S/C24H39NO2/c1-18(16-21-10-7-6-8-11-21)14-15-19(2)24(26)27-23-13-9-12-22(17-23)20(3)25(4)5/h9,12-13,17-21H,6-8,10-11,14-16H2,1-5H3. The van der Waals surface area contributed by atoms with E-state index in [0.717, 1.165) is 18.8 Å². The normalized spacial score (nSPS) is 18.9.